The van der Waals surface area contributed by atoms with Crippen LogP contribution >= 0.6 is 11.3 Å². The van der Waals surface area contributed by atoms with E-state index in [1.165, 1.54) is 0 Å². The van der Waals surface area contributed by atoms with Gasteiger partial charge in [0.15, 0.2) is 11.5 Å². The number of rotatable bonds is 5. The molecule has 0 amide bonds. The van der Waals surface area contributed by atoms with Crippen LogP contribution in [-0.2, 0) is 4.74 Å². The molecule has 0 bridgehead atoms. The van der Waals surface area contributed by atoms with Crippen molar-refractivity contribution >= 4 is 29.0 Å². The summed E-state index contributed by atoms with van der Waals surface area (Å²) in [5.41, 5.74) is 0.804. The Morgan fingerprint density at radius 2 is 2.09 bits per heavy atom. The number of ether oxygens (including phenoxy) is 2. The summed E-state index contributed by atoms with van der Waals surface area (Å²) in [6, 6.07) is 11.8. The number of benzene rings is 1. The number of fused-ring (bicyclic) bond motifs is 1. The fourth-order valence-corrected chi connectivity index (χ4v) is 2.86. The third kappa shape index (κ3) is 4.21. The molecule has 120 valence electrons. The molecule has 0 saturated carbocycles. The third-order valence-electron chi connectivity index (χ3n) is 3.32. The van der Waals surface area contributed by atoms with Gasteiger partial charge in [0, 0.05) is 17.5 Å². The van der Waals surface area contributed by atoms with Crippen molar-refractivity contribution in [1.82, 2.24) is 4.90 Å². The van der Waals surface area contributed by atoms with Crippen LogP contribution < -0.4 is 4.74 Å². The minimum Gasteiger partial charge on any atom is -0.475 e. The Morgan fingerprint density at radius 3 is 2.87 bits per heavy atom. The lowest BCUT2D eigenvalue weighted by molar-refractivity contribution is 0.259. The van der Waals surface area contributed by atoms with Crippen molar-refractivity contribution in [2.75, 3.05) is 27.2 Å². The molecule has 0 atom stereocenters. The van der Waals surface area contributed by atoms with Crippen LogP contribution in [0.5, 0.6) is 5.75 Å². The Kier molecular flexibility index (Phi) is 5.10. The van der Waals surface area contributed by atoms with Crippen molar-refractivity contribution < 1.29 is 9.47 Å². The molecule has 2 heterocycles. The minimum absolute atomic E-state index is 0.552. The van der Waals surface area contributed by atoms with Gasteiger partial charge in [-0.1, -0.05) is 18.2 Å². The molecule has 1 aromatic carbocycles. The largest absolute Gasteiger partial charge is 0.475 e. The Bertz CT molecular complexity index is 706. The summed E-state index contributed by atoms with van der Waals surface area (Å²) in [6.45, 7) is 1.60. The van der Waals surface area contributed by atoms with E-state index in [9.17, 15) is 0 Å². The van der Waals surface area contributed by atoms with Crippen LogP contribution in [0.3, 0.4) is 0 Å². The van der Waals surface area contributed by atoms with Gasteiger partial charge in [-0.15, -0.1) is 11.3 Å². The molecule has 5 heteroatoms. The number of hydrogen-bond acceptors (Lipinski definition) is 5. The van der Waals surface area contributed by atoms with E-state index in [0.29, 0.717) is 18.3 Å². The molecule has 1 aliphatic heterocycles. The molecule has 0 N–H and O–H groups in total. The first kappa shape index (κ1) is 15.8. The SMILES string of the molecule is CN(C)CCCOC1=Nc2ccccc2O/C1=C\c1cccs1. The smallest absolute Gasteiger partial charge is 0.258 e. The molecule has 0 saturated heterocycles. The molecule has 0 fully saturated rings. The monoisotopic (exact) mass is 328 g/mol. The summed E-state index contributed by atoms with van der Waals surface area (Å²) < 4.78 is 11.9. The van der Waals surface area contributed by atoms with Crippen LogP contribution in [0.25, 0.3) is 6.08 Å². The van der Waals surface area contributed by atoms with E-state index < -0.39 is 0 Å². The molecule has 0 spiro atoms. The number of hydrogen-bond donors (Lipinski definition) is 0. The van der Waals surface area contributed by atoms with Gasteiger partial charge >= 0.3 is 0 Å². The zero-order valence-corrected chi connectivity index (χ0v) is 14.2. The van der Waals surface area contributed by atoms with Gasteiger partial charge in [-0.2, -0.15) is 0 Å². The fourth-order valence-electron chi connectivity index (χ4n) is 2.21. The molecule has 1 aliphatic rings. The lowest BCUT2D eigenvalue weighted by Crippen LogP contribution is -2.19. The molecule has 0 aliphatic carbocycles. The molecule has 1 aromatic heterocycles. The molecule has 23 heavy (non-hydrogen) atoms. The molecule has 2 aromatic rings. The van der Waals surface area contributed by atoms with Gasteiger partial charge in [0.2, 0.25) is 0 Å². The normalized spacial score (nSPS) is 15.3. The van der Waals surface area contributed by atoms with E-state index in [-0.39, 0.29) is 0 Å². The number of nitrogens with zero attached hydrogens (tertiary/aromatic N) is 2. The van der Waals surface area contributed by atoms with E-state index in [1.54, 1.807) is 11.3 Å². The first-order valence-corrected chi connectivity index (χ1v) is 8.49. The second-order valence-corrected chi connectivity index (χ2v) is 6.50. The predicted molar refractivity (Wildman–Crippen MR) is 95.6 cm³/mol. The first-order valence-electron chi connectivity index (χ1n) is 7.61. The third-order valence-corrected chi connectivity index (χ3v) is 4.14. The van der Waals surface area contributed by atoms with Gasteiger partial charge < -0.3 is 14.4 Å². The number of thiophene rings is 1. The van der Waals surface area contributed by atoms with Gasteiger partial charge in [-0.05, 0) is 44.1 Å². The highest BCUT2D eigenvalue weighted by molar-refractivity contribution is 7.10. The van der Waals surface area contributed by atoms with Gasteiger partial charge in [0.05, 0.1) is 6.61 Å². The summed E-state index contributed by atoms with van der Waals surface area (Å²) in [6.07, 6.45) is 2.92. The predicted octanol–water partition coefficient (Wildman–Crippen LogP) is 4.18. The van der Waals surface area contributed by atoms with Crippen molar-refractivity contribution in [3.05, 3.63) is 52.4 Å². The van der Waals surface area contributed by atoms with Crippen LogP contribution in [0.15, 0.2) is 52.5 Å². The van der Waals surface area contributed by atoms with E-state index in [1.807, 2.05) is 47.9 Å². The van der Waals surface area contributed by atoms with E-state index in [0.717, 1.165) is 29.3 Å². The van der Waals surface area contributed by atoms with Crippen LogP contribution in [-0.4, -0.2) is 38.0 Å². The number of para-hydroxylation sites is 2. The van der Waals surface area contributed by atoms with Crippen LogP contribution in [0.2, 0.25) is 0 Å². The van der Waals surface area contributed by atoms with E-state index in [4.69, 9.17) is 9.47 Å². The molecular formula is C18H20N2O2S. The van der Waals surface area contributed by atoms with Crippen LogP contribution in [0.4, 0.5) is 5.69 Å². The van der Waals surface area contributed by atoms with Crippen molar-refractivity contribution in [1.29, 1.82) is 0 Å². The molecule has 4 nitrogen and oxygen atoms in total. The van der Waals surface area contributed by atoms with E-state index in [2.05, 4.69) is 24.0 Å². The second-order valence-electron chi connectivity index (χ2n) is 5.52. The Balaban J connectivity index is 1.80. The van der Waals surface area contributed by atoms with Crippen molar-refractivity contribution in [3.8, 4) is 5.75 Å². The summed E-state index contributed by atoms with van der Waals surface area (Å²) in [5.74, 6) is 1.97. The van der Waals surface area contributed by atoms with Crippen molar-refractivity contribution in [2.24, 2.45) is 4.99 Å². The average Bonchev–Trinajstić information content (AvgIpc) is 3.04. The second kappa shape index (κ2) is 7.44. The first-order chi connectivity index (χ1) is 11.2. The number of aliphatic imine (C=N–C) groups is 1. The minimum atomic E-state index is 0.552. The standard InChI is InChI=1S/C18H20N2O2S/c1-20(2)10-6-11-21-18-17(13-14-7-5-12-23-14)22-16-9-4-3-8-15(16)19-18/h3-5,7-9,12-13H,6,10-11H2,1-2H3/b17-13-. The summed E-state index contributed by atoms with van der Waals surface area (Å²) >= 11 is 1.66. The Labute approximate surface area is 140 Å². The maximum Gasteiger partial charge on any atom is 0.258 e. The van der Waals surface area contributed by atoms with Gasteiger partial charge in [-0.3, -0.25) is 0 Å². The highest BCUT2D eigenvalue weighted by Gasteiger charge is 2.20. The van der Waals surface area contributed by atoms with E-state index >= 15 is 0 Å². The summed E-state index contributed by atoms with van der Waals surface area (Å²) in [5, 5.41) is 2.04. The zero-order chi connectivity index (χ0) is 16.1. The molecular weight excluding hydrogens is 308 g/mol. The zero-order valence-electron chi connectivity index (χ0n) is 13.4. The van der Waals surface area contributed by atoms with Gasteiger partial charge in [-0.25, -0.2) is 4.99 Å². The maximum atomic E-state index is 6.00. The summed E-state index contributed by atoms with van der Waals surface area (Å²) in [4.78, 5) is 7.87. The maximum absolute atomic E-state index is 6.00. The highest BCUT2D eigenvalue weighted by Crippen LogP contribution is 2.34. The van der Waals surface area contributed by atoms with Crippen LogP contribution in [0, 0.1) is 0 Å². The van der Waals surface area contributed by atoms with Crippen LogP contribution in [0.1, 0.15) is 11.3 Å². The summed E-state index contributed by atoms with van der Waals surface area (Å²) in [7, 11) is 4.11. The lowest BCUT2D eigenvalue weighted by atomic mass is 10.2. The van der Waals surface area contributed by atoms with Crippen molar-refractivity contribution in [3.63, 3.8) is 0 Å². The lowest BCUT2D eigenvalue weighted by Gasteiger charge is -2.20. The topological polar surface area (TPSA) is 34.1 Å². The highest BCUT2D eigenvalue weighted by atomic mass is 32.1. The molecule has 3 rings (SSSR count). The Morgan fingerprint density at radius 1 is 1.22 bits per heavy atom. The average molecular weight is 328 g/mol. The fraction of sp³-hybridized carbons (Fsp3) is 0.278. The molecule has 0 radical (unpaired) electrons. The molecule has 0 unspecified atom stereocenters. The quantitative estimate of drug-likeness (QED) is 0.772. The van der Waals surface area contributed by atoms with Gasteiger partial charge in [0.25, 0.3) is 5.90 Å². The van der Waals surface area contributed by atoms with Crippen molar-refractivity contribution in [2.45, 2.75) is 6.42 Å². The van der Waals surface area contributed by atoms with Gasteiger partial charge in [0.1, 0.15) is 5.69 Å². The Hall–Kier alpha value is -2.11.